The Labute approximate surface area is 118 Å². The van der Waals surface area contributed by atoms with Crippen molar-refractivity contribution in [2.24, 2.45) is 11.7 Å². The normalized spacial score (nSPS) is 19.1. The summed E-state index contributed by atoms with van der Waals surface area (Å²) < 4.78 is 0. The van der Waals surface area contributed by atoms with Gasteiger partial charge in [0.2, 0.25) is 5.95 Å². The largest absolute Gasteiger partial charge is 0.341 e. The van der Waals surface area contributed by atoms with Gasteiger partial charge in [0.05, 0.1) is 0 Å². The number of hydrogen-bond donors (Lipinski definition) is 1. The van der Waals surface area contributed by atoms with Crippen LogP contribution >= 0.6 is 0 Å². The molecule has 1 fully saturated rings. The number of rotatable bonds is 3. The van der Waals surface area contributed by atoms with Crippen molar-refractivity contribution >= 4 is 5.95 Å². The summed E-state index contributed by atoms with van der Waals surface area (Å²) in [5.74, 6) is 1.36. The minimum absolute atomic E-state index is 0.561. The molecule has 1 aliphatic rings. The van der Waals surface area contributed by atoms with Gasteiger partial charge in [-0.3, -0.25) is 4.98 Å². The zero-order valence-electron chi connectivity index (χ0n) is 11.4. The Hall–Kier alpha value is -2.01. The summed E-state index contributed by atoms with van der Waals surface area (Å²) in [5.41, 5.74) is 7.80. The molecule has 3 heterocycles. The zero-order valence-corrected chi connectivity index (χ0v) is 11.4. The van der Waals surface area contributed by atoms with E-state index in [9.17, 15) is 0 Å². The van der Waals surface area contributed by atoms with E-state index in [0.29, 0.717) is 5.92 Å². The lowest BCUT2D eigenvalue weighted by Gasteiger charge is -2.32. The third-order valence-electron chi connectivity index (χ3n) is 3.77. The molecule has 20 heavy (non-hydrogen) atoms. The summed E-state index contributed by atoms with van der Waals surface area (Å²) in [7, 11) is 0. The fourth-order valence-corrected chi connectivity index (χ4v) is 2.61. The first-order chi connectivity index (χ1) is 9.86. The predicted molar refractivity (Wildman–Crippen MR) is 79.3 cm³/mol. The standard InChI is InChI=1S/C15H19N5/c16-7-12-3-2-6-20(11-12)15-18-9-14(10-19-15)13-4-1-5-17-8-13/h1,4-5,8-10,12H,2-3,6-7,11,16H2. The van der Waals surface area contributed by atoms with E-state index < -0.39 is 0 Å². The second-order valence-corrected chi connectivity index (χ2v) is 5.20. The number of anilines is 1. The SMILES string of the molecule is NCC1CCCN(c2ncc(-c3cccnc3)cn2)C1. The van der Waals surface area contributed by atoms with Crippen molar-refractivity contribution in [3.63, 3.8) is 0 Å². The lowest BCUT2D eigenvalue weighted by molar-refractivity contribution is 0.419. The molecule has 0 bridgehead atoms. The number of pyridine rings is 1. The van der Waals surface area contributed by atoms with Crippen molar-refractivity contribution in [2.75, 3.05) is 24.5 Å². The third-order valence-corrected chi connectivity index (χ3v) is 3.77. The molecule has 104 valence electrons. The summed E-state index contributed by atoms with van der Waals surface area (Å²) in [6, 6.07) is 3.93. The second-order valence-electron chi connectivity index (χ2n) is 5.20. The van der Waals surface area contributed by atoms with Crippen LogP contribution in [0, 0.1) is 5.92 Å². The first kappa shape index (κ1) is 13.0. The molecule has 2 aromatic rings. The van der Waals surface area contributed by atoms with Gasteiger partial charge in [0.1, 0.15) is 0 Å². The van der Waals surface area contributed by atoms with Crippen LogP contribution in [-0.2, 0) is 0 Å². The van der Waals surface area contributed by atoms with Gasteiger partial charge in [-0.05, 0) is 31.4 Å². The molecule has 3 rings (SSSR count). The van der Waals surface area contributed by atoms with Gasteiger partial charge in [-0.2, -0.15) is 0 Å². The second kappa shape index (κ2) is 5.96. The van der Waals surface area contributed by atoms with Crippen molar-refractivity contribution < 1.29 is 0 Å². The molecule has 0 aromatic carbocycles. The molecule has 5 heteroatoms. The van der Waals surface area contributed by atoms with E-state index in [-0.39, 0.29) is 0 Å². The molecular weight excluding hydrogens is 250 g/mol. The number of aromatic nitrogens is 3. The first-order valence-corrected chi connectivity index (χ1v) is 7.04. The highest BCUT2D eigenvalue weighted by Gasteiger charge is 2.20. The van der Waals surface area contributed by atoms with Crippen LogP contribution in [0.4, 0.5) is 5.95 Å². The molecule has 0 spiro atoms. The average molecular weight is 269 g/mol. The maximum absolute atomic E-state index is 5.77. The molecule has 1 aliphatic heterocycles. The summed E-state index contributed by atoms with van der Waals surface area (Å²) in [6.45, 7) is 2.72. The van der Waals surface area contributed by atoms with Gasteiger partial charge >= 0.3 is 0 Å². The highest BCUT2D eigenvalue weighted by Crippen LogP contribution is 2.21. The van der Waals surface area contributed by atoms with Gasteiger partial charge in [-0.1, -0.05) is 6.07 Å². The predicted octanol–water partition coefficient (Wildman–Crippen LogP) is 1.71. The first-order valence-electron chi connectivity index (χ1n) is 7.04. The van der Waals surface area contributed by atoms with Gasteiger partial charge < -0.3 is 10.6 Å². The Balaban J connectivity index is 1.76. The maximum Gasteiger partial charge on any atom is 0.225 e. The molecule has 1 atom stereocenters. The van der Waals surface area contributed by atoms with Crippen molar-refractivity contribution in [3.05, 3.63) is 36.9 Å². The van der Waals surface area contributed by atoms with Crippen LogP contribution in [0.25, 0.3) is 11.1 Å². The van der Waals surface area contributed by atoms with Crippen molar-refractivity contribution in [2.45, 2.75) is 12.8 Å². The molecule has 5 nitrogen and oxygen atoms in total. The summed E-state index contributed by atoms with van der Waals surface area (Å²) in [5, 5.41) is 0. The van der Waals surface area contributed by atoms with Crippen LogP contribution in [0.3, 0.4) is 0 Å². The van der Waals surface area contributed by atoms with E-state index in [1.165, 1.54) is 6.42 Å². The Morgan fingerprint density at radius 2 is 2.05 bits per heavy atom. The molecule has 0 radical (unpaired) electrons. The van der Waals surface area contributed by atoms with E-state index >= 15 is 0 Å². The van der Waals surface area contributed by atoms with Crippen molar-refractivity contribution in [3.8, 4) is 11.1 Å². The van der Waals surface area contributed by atoms with Crippen LogP contribution < -0.4 is 10.6 Å². The molecule has 1 unspecified atom stereocenters. The van der Waals surface area contributed by atoms with Crippen molar-refractivity contribution in [1.29, 1.82) is 0 Å². The summed E-state index contributed by atoms with van der Waals surface area (Å²) in [6.07, 6.45) is 9.69. The highest BCUT2D eigenvalue weighted by atomic mass is 15.2. The van der Waals surface area contributed by atoms with Gasteiger partial charge in [0.25, 0.3) is 0 Å². The maximum atomic E-state index is 5.77. The third kappa shape index (κ3) is 2.77. The number of hydrogen-bond acceptors (Lipinski definition) is 5. The molecule has 0 saturated carbocycles. The van der Waals surface area contributed by atoms with Crippen molar-refractivity contribution in [1.82, 2.24) is 15.0 Å². The molecule has 0 amide bonds. The molecule has 2 aromatic heterocycles. The van der Waals surface area contributed by atoms with E-state index in [0.717, 1.165) is 43.1 Å². The Bertz CT molecular complexity index is 540. The Kier molecular flexibility index (Phi) is 3.87. The minimum Gasteiger partial charge on any atom is -0.341 e. The van der Waals surface area contributed by atoms with E-state index in [1.807, 2.05) is 30.7 Å². The van der Waals surface area contributed by atoms with Crippen LogP contribution in [0.2, 0.25) is 0 Å². The zero-order chi connectivity index (χ0) is 13.8. The fraction of sp³-hybridized carbons (Fsp3) is 0.400. The Morgan fingerprint density at radius 1 is 1.20 bits per heavy atom. The van der Waals surface area contributed by atoms with Crippen LogP contribution in [0.1, 0.15) is 12.8 Å². The van der Waals surface area contributed by atoms with Gasteiger partial charge in [-0.25, -0.2) is 9.97 Å². The number of nitrogens with zero attached hydrogens (tertiary/aromatic N) is 4. The molecule has 1 saturated heterocycles. The Morgan fingerprint density at radius 3 is 2.75 bits per heavy atom. The smallest absolute Gasteiger partial charge is 0.225 e. The van der Waals surface area contributed by atoms with Crippen LogP contribution in [-0.4, -0.2) is 34.6 Å². The van der Waals surface area contributed by atoms with E-state index in [4.69, 9.17) is 5.73 Å². The van der Waals surface area contributed by atoms with Gasteiger partial charge in [0.15, 0.2) is 0 Å². The molecule has 0 aliphatic carbocycles. The molecular formula is C15H19N5. The fourth-order valence-electron chi connectivity index (χ4n) is 2.61. The lowest BCUT2D eigenvalue weighted by Crippen LogP contribution is -2.39. The van der Waals surface area contributed by atoms with Gasteiger partial charge in [-0.15, -0.1) is 0 Å². The highest BCUT2D eigenvalue weighted by molar-refractivity contribution is 5.60. The summed E-state index contributed by atoms with van der Waals surface area (Å²) in [4.78, 5) is 15.3. The lowest BCUT2D eigenvalue weighted by atomic mass is 9.99. The van der Waals surface area contributed by atoms with E-state index in [1.54, 1.807) is 6.20 Å². The topological polar surface area (TPSA) is 67.9 Å². The monoisotopic (exact) mass is 269 g/mol. The average Bonchev–Trinajstić information content (AvgIpc) is 2.56. The summed E-state index contributed by atoms with van der Waals surface area (Å²) >= 11 is 0. The van der Waals surface area contributed by atoms with Crippen LogP contribution in [0.5, 0.6) is 0 Å². The molecule has 2 N–H and O–H groups in total. The quantitative estimate of drug-likeness (QED) is 0.918. The minimum atomic E-state index is 0.561. The van der Waals surface area contributed by atoms with Gasteiger partial charge in [0, 0.05) is 49.0 Å². The van der Waals surface area contributed by atoms with Crippen LogP contribution in [0.15, 0.2) is 36.9 Å². The van der Waals surface area contributed by atoms with E-state index in [2.05, 4.69) is 19.9 Å². The number of piperidine rings is 1. The number of nitrogens with two attached hydrogens (primary N) is 1.